The van der Waals surface area contributed by atoms with Gasteiger partial charge in [-0.2, -0.15) is 0 Å². The van der Waals surface area contributed by atoms with E-state index in [2.05, 4.69) is 15.9 Å². The number of fused-ring (bicyclic) bond motifs is 1. The fourth-order valence-corrected chi connectivity index (χ4v) is 6.24. The summed E-state index contributed by atoms with van der Waals surface area (Å²) in [5, 5.41) is 0.509. The van der Waals surface area contributed by atoms with Gasteiger partial charge in [-0.15, -0.1) is 0 Å². The maximum atomic E-state index is 12.7. The van der Waals surface area contributed by atoms with E-state index in [0.29, 0.717) is 16.1 Å². The van der Waals surface area contributed by atoms with Crippen LogP contribution in [-0.2, 0) is 19.1 Å². The molecule has 7 nitrogen and oxygen atoms in total. The molecule has 2 saturated carbocycles. The van der Waals surface area contributed by atoms with Gasteiger partial charge < -0.3 is 14.2 Å². The Morgan fingerprint density at radius 1 is 1.00 bits per heavy atom. The highest BCUT2D eigenvalue weighted by molar-refractivity contribution is 9.09. The van der Waals surface area contributed by atoms with Crippen LogP contribution < -0.4 is 4.74 Å². The van der Waals surface area contributed by atoms with Crippen LogP contribution in [0.1, 0.15) is 27.1 Å². The number of benzene rings is 2. The van der Waals surface area contributed by atoms with Crippen molar-refractivity contribution in [3.8, 4) is 5.75 Å². The second-order valence-electron chi connectivity index (χ2n) is 8.41. The van der Waals surface area contributed by atoms with E-state index < -0.39 is 36.2 Å². The molecule has 2 aliphatic carbocycles. The molecule has 2 aromatic rings. The molecule has 0 unspecified atom stereocenters. The number of halogens is 2. The Hall–Kier alpha value is -2.71. The number of hydrogen-bond donors (Lipinski definition) is 0. The predicted molar refractivity (Wildman–Crippen MR) is 119 cm³/mol. The van der Waals surface area contributed by atoms with Gasteiger partial charge in [0.1, 0.15) is 11.9 Å². The first kappa shape index (κ1) is 22.1. The highest BCUT2D eigenvalue weighted by Crippen LogP contribution is 2.60. The Morgan fingerprint density at radius 2 is 1.67 bits per heavy atom. The molecule has 33 heavy (non-hydrogen) atoms. The first-order valence-corrected chi connectivity index (χ1v) is 11.7. The van der Waals surface area contributed by atoms with Crippen molar-refractivity contribution >= 4 is 51.2 Å². The van der Waals surface area contributed by atoms with Crippen molar-refractivity contribution in [2.24, 2.45) is 23.7 Å². The van der Waals surface area contributed by atoms with E-state index in [4.69, 9.17) is 25.8 Å². The number of ether oxygens (including phenoxy) is 3. The first-order chi connectivity index (χ1) is 15.8. The van der Waals surface area contributed by atoms with Crippen molar-refractivity contribution in [1.82, 2.24) is 0 Å². The monoisotopic (exact) mass is 532 g/mol. The second-order valence-corrected chi connectivity index (χ2v) is 9.91. The number of carbonyl (C=O) groups is 4. The van der Waals surface area contributed by atoms with Gasteiger partial charge in [0.25, 0.3) is 0 Å². The second kappa shape index (κ2) is 8.57. The Morgan fingerprint density at radius 3 is 2.36 bits per heavy atom. The van der Waals surface area contributed by atoms with Crippen LogP contribution in [0.2, 0.25) is 5.02 Å². The molecular weight excluding hydrogens is 516 g/mol. The molecule has 1 saturated heterocycles. The summed E-state index contributed by atoms with van der Waals surface area (Å²) in [7, 11) is 0. The smallest absolute Gasteiger partial charge is 0.343 e. The lowest BCUT2D eigenvalue weighted by Crippen LogP contribution is -2.39. The zero-order valence-corrected chi connectivity index (χ0v) is 19.5. The molecule has 170 valence electrons. The van der Waals surface area contributed by atoms with Crippen molar-refractivity contribution in [3.63, 3.8) is 0 Å². The van der Waals surface area contributed by atoms with Crippen molar-refractivity contribution in [3.05, 3.63) is 64.7 Å². The van der Waals surface area contributed by atoms with Crippen LogP contribution >= 0.6 is 27.5 Å². The minimum absolute atomic E-state index is 0.0308. The molecule has 6 atom stereocenters. The largest absolute Gasteiger partial charge is 0.461 e. The van der Waals surface area contributed by atoms with Crippen molar-refractivity contribution < 1.29 is 33.4 Å². The van der Waals surface area contributed by atoms with E-state index in [1.54, 1.807) is 24.3 Å². The molecule has 9 heteroatoms. The van der Waals surface area contributed by atoms with E-state index in [1.165, 1.54) is 24.3 Å². The van der Waals surface area contributed by atoms with E-state index in [9.17, 15) is 19.2 Å². The molecule has 3 fully saturated rings. The molecule has 0 aromatic heterocycles. The normalized spacial score (nSPS) is 29.0. The van der Waals surface area contributed by atoms with Crippen molar-refractivity contribution in [2.45, 2.75) is 17.4 Å². The Kier molecular flexibility index (Phi) is 5.74. The third-order valence-corrected chi connectivity index (χ3v) is 8.06. The van der Waals surface area contributed by atoms with Gasteiger partial charge in [-0.25, -0.2) is 4.79 Å². The first-order valence-electron chi connectivity index (χ1n) is 10.5. The molecule has 1 aliphatic heterocycles. The van der Waals surface area contributed by atoms with E-state index >= 15 is 0 Å². The zero-order chi connectivity index (χ0) is 23.3. The Balaban J connectivity index is 1.17. The highest BCUT2D eigenvalue weighted by Gasteiger charge is 2.68. The summed E-state index contributed by atoms with van der Waals surface area (Å²) < 4.78 is 16.0. The Bertz CT molecular complexity index is 1130. The lowest BCUT2D eigenvalue weighted by Gasteiger charge is -2.26. The maximum absolute atomic E-state index is 12.7. The van der Waals surface area contributed by atoms with Crippen LogP contribution in [0, 0.1) is 23.7 Å². The van der Waals surface area contributed by atoms with Gasteiger partial charge in [0.2, 0.25) is 0 Å². The number of rotatable bonds is 6. The number of hydrogen-bond acceptors (Lipinski definition) is 7. The Labute approximate surface area is 202 Å². The van der Waals surface area contributed by atoms with E-state index in [-0.39, 0.29) is 34.5 Å². The summed E-state index contributed by atoms with van der Waals surface area (Å²) in [5.74, 6) is -2.66. The fraction of sp³-hybridized carbons (Fsp3) is 0.333. The van der Waals surface area contributed by atoms with Crippen LogP contribution in [0.25, 0.3) is 0 Å². The molecular formula is C24H18BrClO7. The molecule has 0 spiro atoms. The van der Waals surface area contributed by atoms with Gasteiger partial charge in [-0.3, -0.25) is 14.4 Å². The number of Topliss-reactive ketones (excluding diaryl/α,β-unsaturated/α-hetero) is 1. The molecule has 2 aromatic carbocycles. The van der Waals surface area contributed by atoms with E-state index in [0.717, 1.165) is 6.42 Å². The summed E-state index contributed by atoms with van der Waals surface area (Å²) in [4.78, 5) is 49.5. The highest BCUT2D eigenvalue weighted by atomic mass is 79.9. The van der Waals surface area contributed by atoms with Gasteiger partial charge in [0.15, 0.2) is 12.4 Å². The minimum atomic E-state index is -0.590. The van der Waals surface area contributed by atoms with Gasteiger partial charge in [0.05, 0.1) is 22.2 Å². The summed E-state index contributed by atoms with van der Waals surface area (Å²) in [6.45, 7) is -0.436. The molecule has 1 heterocycles. The number of carbonyl (C=O) groups excluding carboxylic acids is 4. The molecule has 0 amide bonds. The predicted octanol–water partition coefficient (Wildman–Crippen LogP) is 3.86. The number of esters is 3. The lowest BCUT2D eigenvalue weighted by atomic mass is 9.80. The SMILES string of the molecule is O=C(COC(=O)[C@@H]1[C@H]2C[C@H]3[C@H](OC(=O)[C@@H]31)[C@H]2Br)c1ccc(OC(=O)c2ccc(Cl)cc2)cc1. The number of ketones is 1. The molecule has 2 bridgehead atoms. The van der Waals surface area contributed by atoms with Crippen molar-refractivity contribution in [1.29, 1.82) is 0 Å². The summed E-state index contributed by atoms with van der Waals surface area (Å²) in [6, 6.07) is 12.2. The molecule has 5 rings (SSSR count). The lowest BCUT2D eigenvalue weighted by molar-refractivity contribution is -0.154. The van der Waals surface area contributed by atoms with Crippen LogP contribution in [-0.4, -0.2) is 41.2 Å². The van der Waals surface area contributed by atoms with Gasteiger partial charge in [-0.1, -0.05) is 27.5 Å². The fourth-order valence-electron chi connectivity index (χ4n) is 5.07. The van der Waals surface area contributed by atoms with Gasteiger partial charge >= 0.3 is 17.9 Å². The average Bonchev–Trinajstić information content (AvgIpc) is 3.42. The summed E-state index contributed by atoms with van der Waals surface area (Å²) in [5.41, 5.74) is 0.649. The molecule has 0 radical (unpaired) electrons. The van der Waals surface area contributed by atoms with Crippen LogP contribution in [0.4, 0.5) is 0 Å². The summed E-state index contributed by atoms with van der Waals surface area (Å²) in [6.07, 6.45) is 0.562. The van der Waals surface area contributed by atoms with Crippen LogP contribution in [0.15, 0.2) is 48.5 Å². The third kappa shape index (κ3) is 3.95. The van der Waals surface area contributed by atoms with Gasteiger partial charge in [0, 0.05) is 16.5 Å². The standard InChI is InChI=1S/C24H18BrClO7/c25-20-15-9-16-19(24(30)33-21(16)20)18(15)23(29)31-10-17(27)11-3-7-14(8-4-11)32-22(28)12-1-5-13(26)6-2-12/h1-8,15-16,18-21H,9-10H2/t15-,16-,18-,19+,20+,21+/m1/s1. The molecule has 0 N–H and O–H groups in total. The third-order valence-electron chi connectivity index (χ3n) is 6.61. The van der Waals surface area contributed by atoms with Crippen LogP contribution in [0.3, 0.4) is 0 Å². The van der Waals surface area contributed by atoms with E-state index in [1.807, 2.05) is 0 Å². The van der Waals surface area contributed by atoms with Crippen LogP contribution in [0.5, 0.6) is 5.75 Å². The minimum Gasteiger partial charge on any atom is -0.461 e. The molecule has 3 aliphatic rings. The summed E-state index contributed by atoms with van der Waals surface area (Å²) >= 11 is 9.36. The zero-order valence-electron chi connectivity index (χ0n) is 17.1. The number of alkyl halides is 1. The quantitative estimate of drug-likeness (QED) is 0.241. The van der Waals surface area contributed by atoms with Crippen molar-refractivity contribution in [2.75, 3.05) is 6.61 Å². The average molecular weight is 534 g/mol. The topological polar surface area (TPSA) is 96.0 Å². The maximum Gasteiger partial charge on any atom is 0.343 e. The van der Waals surface area contributed by atoms with Gasteiger partial charge in [-0.05, 0) is 60.9 Å².